The predicted molar refractivity (Wildman–Crippen MR) is 138 cm³/mol. The maximum absolute atomic E-state index is 13.4. The lowest BCUT2D eigenvalue weighted by Crippen LogP contribution is -2.22. The van der Waals surface area contributed by atoms with Gasteiger partial charge in [-0.2, -0.15) is 13.2 Å². The Bertz CT molecular complexity index is 1020. The second-order valence-corrected chi connectivity index (χ2v) is 15.2. The maximum atomic E-state index is 13.4. The van der Waals surface area contributed by atoms with Gasteiger partial charge in [0.15, 0.2) is 18.3 Å². The highest BCUT2D eigenvalue weighted by Crippen LogP contribution is 2.34. The van der Waals surface area contributed by atoms with Crippen LogP contribution in [0.2, 0.25) is 25.7 Å². The molecule has 0 heterocycles. The molecule has 0 fully saturated rings. The summed E-state index contributed by atoms with van der Waals surface area (Å²) < 4.78 is 62.3. The molecule has 4 nitrogen and oxygen atoms in total. The number of halogens is 3. The summed E-state index contributed by atoms with van der Waals surface area (Å²) >= 11 is 0. The summed E-state index contributed by atoms with van der Waals surface area (Å²) in [5.74, 6) is 1.20. The third kappa shape index (κ3) is 10.6. The van der Waals surface area contributed by atoms with Crippen LogP contribution in [0.15, 0.2) is 48.0 Å². The van der Waals surface area contributed by atoms with Crippen molar-refractivity contribution in [3.63, 3.8) is 0 Å². The van der Waals surface area contributed by atoms with Crippen LogP contribution in [-0.4, -0.2) is 35.2 Å². The number of hydrogen-bond donors (Lipinski definition) is 0. The van der Waals surface area contributed by atoms with Crippen LogP contribution < -0.4 is 14.2 Å². The van der Waals surface area contributed by atoms with Gasteiger partial charge in [0.1, 0.15) is 12.4 Å². The second-order valence-electron chi connectivity index (χ2n) is 9.61. The molecule has 0 atom stereocenters. The molecule has 0 aromatic heterocycles. The molecule has 2 rings (SSSR count). The largest absolute Gasteiger partial charge is 0.493 e. The van der Waals surface area contributed by atoms with E-state index in [-0.39, 0.29) is 19.1 Å². The van der Waals surface area contributed by atoms with Crippen molar-refractivity contribution in [2.75, 3.05) is 27.1 Å². The zero-order valence-corrected chi connectivity index (χ0v) is 22.3. The minimum absolute atomic E-state index is 0.121. The number of methoxy groups -OCH3 is 1. The zero-order valence-electron chi connectivity index (χ0n) is 21.3. The number of allylic oxidation sites excluding steroid dienone is 1. The molecule has 0 bridgehead atoms. The van der Waals surface area contributed by atoms with E-state index in [2.05, 4.69) is 19.6 Å². The molecule has 0 unspecified atom stereocenters. The average molecular weight is 509 g/mol. The average Bonchev–Trinajstić information content (AvgIpc) is 2.76. The van der Waals surface area contributed by atoms with Crippen LogP contribution in [-0.2, 0) is 10.9 Å². The Hall–Kier alpha value is -2.71. The van der Waals surface area contributed by atoms with Crippen molar-refractivity contribution in [3.8, 4) is 17.2 Å². The van der Waals surface area contributed by atoms with E-state index < -0.39 is 19.8 Å². The van der Waals surface area contributed by atoms with E-state index in [0.717, 1.165) is 29.3 Å². The molecule has 8 heteroatoms. The molecule has 0 N–H and O–H groups in total. The molecule has 2 aromatic rings. The van der Waals surface area contributed by atoms with E-state index in [1.807, 2.05) is 19.9 Å². The molecule has 0 saturated carbocycles. The van der Waals surface area contributed by atoms with E-state index in [0.29, 0.717) is 23.7 Å². The molecular formula is C27H35F3O4Si. The highest BCUT2D eigenvalue weighted by atomic mass is 28.3. The summed E-state index contributed by atoms with van der Waals surface area (Å²) in [4.78, 5) is 0. The minimum atomic E-state index is -4.47. The first-order valence-electron chi connectivity index (χ1n) is 11.4. The molecular weight excluding hydrogens is 473 g/mol. The number of hydrogen-bond acceptors (Lipinski definition) is 4. The summed E-state index contributed by atoms with van der Waals surface area (Å²) in [6, 6.07) is 10.0. The highest BCUT2D eigenvalue weighted by Gasteiger charge is 2.31. The van der Waals surface area contributed by atoms with Crippen molar-refractivity contribution in [1.82, 2.24) is 0 Å². The number of alkyl halides is 3. The molecule has 35 heavy (non-hydrogen) atoms. The Balaban J connectivity index is 2.13. The first-order chi connectivity index (χ1) is 16.4. The van der Waals surface area contributed by atoms with Gasteiger partial charge in [-0.05, 0) is 67.4 Å². The van der Waals surface area contributed by atoms with Gasteiger partial charge in [-0.25, -0.2) is 0 Å². The van der Waals surface area contributed by atoms with Crippen molar-refractivity contribution in [1.29, 1.82) is 0 Å². The van der Waals surface area contributed by atoms with Crippen molar-refractivity contribution >= 4 is 20.2 Å². The first kappa shape index (κ1) is 28.5. The van der Waals surface area contributed by atoms with E-state index in [9.17, 15) is 13.2 Å². The quantitative estimate of drug-likeness (QED) is 0.0959. The lowest BCUT2D eigenvalue weighted by molar-refractivity contribution is -0.137. The zero-order chi connectivity index (χ0) is 26.1. The third-order valence-electron chi connectivity index (χ3n) is 4.95. The monoisotopic (exact) mass is 508 g/mol. The molecule has 0 spiro atoms. The second kappa shape index (κ2) is 12.8. The standard InChI is InChI=1S/C27H35F3O4Si/c1-20(2)11-12-33-24-16-22(15-23(18-24)27(28,29)30)8-7-21-9-10-25(26(17-21)31-3)34-19-32-13-14-35(4,5)6/h7-11,15-18H,12-14,19H2,1-6H3. The Kier molecular flexibility index (Phi) is 10.5. The molecule has 0 aliphatic carbocycles. The predicted octanol–water partition coefficient (Wildman–Crippen LogP) is 7.92. The summed E-state index contributed by atoms with van der Waals surface area (Å²) in [6.07, 6.45) is 0.658. The van der Waals surface area contributed by atoms with E-state index in [1.54, 1.807) is 36.4 Å². The van der Waals surface area contributed by atoms with Gasteiger partial charge in [0, 0.05) is 14.7 Å². The normalized spacial score (nSPS) is 12.0. The van der Waals surface area contributed by atoms with Crippen molar-refractivity contribution < 1.29 is 32.1 Å². The SMILES string of the molecule is COc1cc(C=Cc2cc(OCC=C(C)C)cc(C(F)(F)F)c2)ccc1OCOCC[Si](C)(C)C. The Morgan fingerprint density at radius 3 is 2.26 bits per heavy atom. The molecule has 0 saturated heterocycles. The Morgan fingerprint density at radius 2 is 1.63 bits per heavy atom. The van der Waals surface area contributed by atoms with Gasteiger partial charge in [-0.1, -0.05) is 43.4 Å². The van der Waals surface area contributed by atoms with Gasteiger partial charge in [0.05, 0.1) is 12.7 Å². The van der Waals surface area contributed by atoms with Gasteiger partial charge in [0.2, 0.25) is 0 Å². The summed E-state index contributed by atoms with van der Waals surface area (Å²) in [6.45, 7) is 11.6. The Morgan fingerprint density at radius 1 is 0.914 bits per heavy atom. The van der Waals surface area contributed by atoms with Gasteiger partial charge in [-0.15, -0.1) is 0 Å². The fourth-order valence-electron chi connectivity index (χ4n) is 2.91. The lowest BCUT2D eigenvalue weighted by atomic mass is 10.1. The first-order valence-corrected chi connectivity index (χ1v) is 15.1. The number of ether oxygens (including phenoxy) is 4. The minimum Gasteiger partial charge on any atom is -0.493 e. The fraction of sp³-hybridized carbons (Fsp3) is 0.407. The highest BCUT2D eigenvalue weighted by molar-refractivity contribution is 6.76. The van der Waals surface area contributed by atoms with Crippen LogP contribution in [0.25, 0.3) is 12.2 Å². The smallest absolute Gasteiger partial charge is 0.416 e. The van der Waals surface area contributed by atoms with Crippen LogP contribution in [0.4, 0.5) is 13.2 Å². The van der Waals surface area contributed by atoms with Gasteiger partial charge in [0.25, 0.3) is 0 Å². The van der Waals surface area contributed by atoms with Gasteiger partial charge >= 0.3 is 6.18 Å². The summed E-state index contributed by atoms with van der Waals surface area (Å²) in [7, 11) is 0.368. The fourth-order valence-corrected chi connectivity index (χ4v) is 3.67. The molecule has 192 valence electrons. The van der Waals surface area contributed by atoms with Crippen LogP contribution in [0.5, 0.6) is 17.2 Å². The van der Waals surface area contributed by atoms with Gasteiger partial charge < -0.3 is 18.9 Å². The third-order valence-corrected chi connectivity index (χ3v) is 6.65. The van der Waals surface area contributed by atoms with Crippen LogP contribution in [0, 0.1) is 0 Å². The van der Waals surface area contributed by atoms with Crippen LogP contribution >= 0.6 is 0 Å². The van der Waals surface area contributed by atoms with E-state index >= 15 is 0 Å². The number of benzene rings is 2. The summed E-state index contributed by atoms with van der Waals surface area (Å²) in [5, 5.41) is 0. The topological polar surface area (TPSA) is 36.9 Å². The molecule has 0 radical (unpaired) electrons. The Labute approximate surface area is 207 Å². The molecule has 0 aliphatic rings. The van der Waals surface area contributed by atoms with Crippen molar-refractivity contribution in [2.45, 2.75) is 45.7 Å². The molecule has 0 aliphatic heterocycles. The van der Waals surface area contributed by atoms with Crippen LogP contribution in [0.1, 0.15) is 30.5 Å². The van der Waals surface area contributed by atoms with Crippen molar-refractivity contribution in [2.24, 2.45) is 0 Å². The number of rotatable bonds is 12. The van der Waals surface area contributed by atoms with Crippen LogP contribution in [0.3, 0.4) is 0 Å². The lowest BCUT2D eigenvalue weighted by Gasteiger charge is -2.16. The van der Waals surface area contributed by atoms with Gasteiger partial charge in [-0.3, -0.25) is 0 Å². The summed E-state index contributed by atoms with van der Waals surface area (Å²) in [5.41, 5.74) is 1.39. The van der Waals surface area contributed by atoms with E-state index in [4.69, 9.17) is 18.9 Å². The van der Waals surface area contributed by atoms with E-state index in [1.165, 1.54) is 7.11 Å². The molecule has 2 aromatic carbocycles. The molecule has 0 amide bonds. The van der Waals surface area contributed by atoms with Crippen molar-refractivity contribution in [3.05, 3.63) is 64.7 Å². The maximum Gasteiger partial charge on any atom is 0.416 e.